The van der Waals surface area contributed by atoms with Crippen LogP contribution in [0.15, 0.2) is 53.5 Å². The van der Waals surface area contributed by atoms with Crippen molar-refractivity contribution in [1.29, 1.82) is 0 Å². The van der Waals surface area contributed by atoms with Crippen LogP contribution in [0.4, 0.5) is 21.7 Å². The van der Waals surface area contributed by atoms with Crippen LogP contribution in [0, 0.1) is 24.2 Å². The third kappa shape index (κ3) is 5.47. The summed E-state index contributed by atoms with van der Waals surface area (Å²) in [6, 6.07) is 13.4. The third-order valence-corrected chi connectivity index (χ3v) is 8.04. The van der Waals surface area contributed by atoms with Crippen molar-refractivity contribution in [3.05, 3.63) is 64.7 Å². The van der Waals surface area contributed by atoms with Gasteiger partial charge in [-0.25, -0.2) is 23.7 Å². The second-order valence-corrected chi connectivity index (χ2v) is 11.7. The van der Waals surface area contributed by atoms with Crippen LogP contribution in [0.2, 0.25) is 0 Å². The monoisotopic (exact) mass is 570 g/mol. The van der Waals surface area contributed by atoms with Crippen LogP contribution in [-0.2, 0) is 12.1 Å². The molecule has 5 heterocycles. The maximum Gasteiger partial charge on any atom is 0.279 e. The molecule has 2 bridgehead atoms. The summed E-state index contributed by atoms with van der Waals surface area (Å²) in [7, 11) is 0. The molecule has 2 aliphatic heterocycles. The van der Waals surface area contributed by atoms with E-state index >= 15 is 0 Å². The number of aromatic nitrogens is 5. The molecule has 0 aliphatic carbocycles. The van der Waals surface area contributed by atoms with Gasteiger partial charge in [-0.1, -0.05) is 12.0 Å². The molecule has 0 radical (unpaired) electrons. The number of likely N-dealkylation sites (tertiary alicyclic amines) is 1. The van der Waals surface area contributed by atoms with E-state index in [-0.39, 0.29) is 18.8 Å². The molecule has 1 aromatic carbocycles. The summed E-state index contributed by atoms with van der Waals surface area (Å²) in [6.45, 7) is 7.43. The minimum Gasteiger partial charge on any atom is -0.384 e. The molecule has 2 atom stereocenters. The Bertz CT molecular complexity index is 1670. The molecule has 3 aromatic heterocycles. The molecular weight excluding hydrogens is 535 g/mol. The number of anilines is 3. The Morgan fingerprint density at radius 3 is 2.50 bits per heavy atom. The summed E-state index contributed by atoms with van der Waals surface area (Å²) in [4.78, 5) is 31.6. The number of hydrogen-bond donors (Lipinski definition) is 2. The number of nitrogens with one attached hydrogen (secondary N) is 1. The number of piperidine rings is 2. The van der Waals surface area contributed by atoms with Crippen molar-refractivity contribution in [2.24, 2.45) is 11.8 Å². The van der Waals surface area contributed by atoms with Gasteiger partial charge in [0.15, 0.2) is 11.5 Å². The largest absolute Gasteiger partial charge is 0.384 e. The van der Waals surface area contributed by atoms with E-state index in [0.717, 1.165) is 37.6 Å². The Labute approximate surface area is 243 Å². The second-order valence-electron chi connectivity index (χ2n) is 11.7. The van der Waals surface area contributed by atoms with Gasteiger partial charge < -0.3 is 20.2 Å². The lowest BCUT2D eigenvalue weighted by Gasteiger charge is -2.46. The van der Waals surface area contributed by atoms with E-state index in [1.807, 2.05) is 12.1 Å². The van der Waals surface area contributed by atoms with Crippen molar-refractivity contribution >= 4 is 28.4 Å². The fourth-order valence-electron chi connectivity index (χ4n) is 6.22. The van der Waals surface area contributed by atoms with Crippen molar-refractivity contribution in [3.63, 3.8) is 0 Å². The summed E-state index contributed by atoms with van der Waals surface area (Å²) in [5, 5.41) is 14.1. The quantitative estimate of drug-likeness (QED) is 0.311. The Balaban J connectivity index is 1.26. The van der Waals surface area contributed by atoms with Gasteiger partial charge >= 0.3 is 0 Å². The first-order chi connectivity index (χ1) is 20.2. The highest BCUT2D eigenvalue weighted by molar-refractivity contribution is 5.77. The lowest BCUT2D eigenvalue weighted by molar-refractivity contribution is 0.0738. The van der Waals surface area contributed by atoms with Gasteiger partial charge in [-0.3, -0.25) is 4.79 Å². The molecule has 2 N–H and O–H groups in total. The molecular formula is C31H35FN8O2. The number of terminal acetylenes is 1. The first-order valence-corrected chi connectivity index (χ1v) is 14.3. The molecule has 0 spiro atoms. The fourth-order valence-corrected chi connectivity index (χ4v) is 6.22. The highest BCUT2D eigenvalue weighted by Gasteiger charge is 2.34. The molecule has 2 fully saturated rings. The van der Waals surface area contributed by atoms with Crippen LogP contribution in [-0.4, -0.2) is 73.7 Å². The molecule has 0 amide bonds. The minimum atomic E-state index is -1.17. The van der Waals surface area contributed by atoms with E-state index < -0.39 is 5.60 Å². The number of aliphatic hydroxyl groups is 1. The second kappa shape index (κ2) is 11.2. The summed E-state index contributed by atoms with van der Waals surface area (Å²) < 4.78 is 15.8. The molecule has 2 saturated heterocycles. The van der Waals surface area contributed by atoms with Crippen LogP contribution < -0.4 is 15.8 Å². The average Bonchev–Trinajstić information content (AvgIpc) is 3.23. The molecule has 10 nitrogen and oxygen atoms in total. The zero-order chi connectivity index (χ0) is 29.4. The Morgan fingerprint density at radius 1 is 1.10 bits per heavy atom. The molecule has 4 aromatic rings. The van der Waals surface area contributed by atoms with Crippen LogP contribution in [0.25, 0.3) is 16.9 Å². The number of nitrogens with zero attached hydrogens (tertiary/aromatic N) is 7. The standard InChI is InChI=1S/C31H35FN8O2/c1-4-13-39-29(41)25-16-33-30(36-28(25)40(39)27-7-5-6-26(35-27)31(2,3)42)34-23-8-10-24(11-9-23)38-19-21-15-22(20-38)18-37(17-21)14-12-32/h1,5-11,16,21-22,42H,12-15,17-20H2,2-3H3,(H,33,34,36). The van der Waals surface area contributed by atoms with Gasteiger partial charge in [-0.2, -0.15) is 4.98 Å². The molecule has 42 heavy (non-hydrogen) atoms. The van der Waals surface area contributed by atoms with Gasteiger partial charge in [0.1, 0.15) is 24.2 Å². The van der Waals surface area contributed by atoms with E-state index in [9.17, 15) is 14.3 Å². The van der Waals surface area contributed by atoms with Crippen LogP contribution >= 0.6 is 0 Å². The minimum absolute atomic E-state index is 0.0138. The van der Waals surface area contributed by atoms with E-state index in [1.165, 1.54) is 17.3 Å². The molecule has 218 valence electrons. The summed E-state index contributed by atoms with van der Waals surface area (Å²) >= 11 is 0. The smallest absolute Gasteiger partial charge is 0.279 e. The van der Waals surface area contributed by atoms with Crippen molar-refractivity contribution in [1.82, 2.24) is 29.2 Å². The predicted molar refractivity (Wildman–Crippen MR) is 161 cm³/mol. The normalized spacial score (nSPS) is 19.2. The zero-order valence-electron chi connectivity index (χ0n) is 23.9. The van der Waals surface area contributed by atoms with E-state index in [4.69, 9.17) is 6.42 Å². The molecule has 11 heteroatoms. The first kappa shape index (κ1) is 27.9. The first-order valence-electron chi connectivity index (χ1n) is 14.3. The van der Waals surface area contributed by atoms with Gasteiger partial charge in [-0.05, 0) is 68.5 Å². The van der Waals surface area contributed by atoms with E-state index in [1.54, 1.807) is 36.7 Å². The number of alkyl halides is 1. The maximum absolute atomic E-state index is 13.2. The van der Waals surface area contributed by atoms with E-state index in [2.05, 4.69) is 48.1 Å². The fraction of sp³-hybridized carbons (Fsp3) is 0.419. The maximum atomic E-state index is 13.2. The average molecular weight is 571 g/mol. The van der Waals surface area contributed by atoms with Crippen LogP contribution in [0.5, 0.6) is 0 Å². The lowest BCUT2D eigenvalue weighted by Crippen LogP contribution is -2.53. The highest BCUT2D eigenvalue weighted by Crippen LogP contribution is 2.32. The molecule has 6 rings (SSSR count). The summed E-state index contributed by atoms with van der Waals surface area (Å²) in [5.74, 6) is 4.37. The number of rotatable bonds is 8. The Hall–Kier alpha value is -4.27. The van der Waals surface area contributed by atoms with Crippen molar-refractivity contribution < 1.29 is 9.50 Å². The number of fused-ring (bicyclic) bond motifs is 3. The van der Waals surface area contributed by atoms with E-state index in [0.29, 0.717) is 46.9 Å². The summed E-state index contributed by atoms with van der Waals surface area (Å²) in [6.07, 6.45) is 8.29. The van der Waals surface area contributed by atoms with Gasteiger partial charge in [0.25, 0.3) is 5.56 Å². The van der Waals surface area contributed by atoms with Crippen LogP contribution in [0.1, 0.15) is 26.0 Å². The lowest BCUT2D eigenvalue weighted by atomic mass is 9.84. The number of pyridine rings is 1. The SMILES string of the molecule is C#CCn1c(=O)c2cnc(Nc3ccc(N4CC5CC(CN(CCF)C5)C4)cc3)nc2n1-c1cccc(C(C)(C)O)n1. The number of hydrogen-bond acceptors (Lipinski definition) is 8. The summed E-state index contributed by atoms with van der Waals surface area (Å²) in [5.41, 5.74) is 1.27. The topological polar surface area (TPSA) is 104 Å². The molecule has 2 aliphatic rings. The zero-order valence-corrected chi connectivity index (χ0v) is 23.9. The Morgan fingerprint density at radius 2 is 1.83 bits per heavy atom. The molecule has 0 saturated carbocycles. The van der Waals surface area contributed by atoms with Crippen LogP contribution in [0.3, 0.4) is 0 Å². The molecule has 2 unspecified atom stereocenters. The van der Waals surface area contributed by atoms with Gasteiger partial charge in [-0.15, -0.1) is 6.42 Å². The van der Waals surface area contributed by atoms with Gasteiger partial charge in [0.05, 0.1) is 5.69 Å². The van der Waals surface area contributed by atoms with Gasteiger partial charge in [0, 0.05) is 50.3 Å². The number of halogens is 1. The van der Waals surface area contributed by atoms with Crippen molar-refractivity contribution in [2.45, 2.75) is 32.4 Å². The van der Waals surface area contributed by atoms with Crippen molar-refractivity contribution in [3.8, 4) is 18.2 Å². The predicted octanol–water partition coefficient (Wildman–Crippen LogP) is 3.31. The van der Waals surface area contributed by atoms with Crippen molar-refractivity contribution in [2.75, 3.05) is 49.6 Å². The third-order valence-electron chi connectivity index (χ3n) is 8.04. The highest BCUT2D eigenvalue weighted by atomic mass is 19.1. The Kier molecular flexibility index (Phi) is 7.43. The van der Waals surface area contributed by atoms with Gasteiger partial charge in [0.2, 0.25) is 5.95 Å². The number of benzene rings is 1.